The van der Waals surface area contributed by atoms with Gasteiger partial charge in [0.2, 0.25) is 0 Å². The fraction of sp³-hybridized carbons (Fsp3) is 0.400. The molecule has 22 heavy (non-hydrogen) atoms. The average Bonchev–Trinajstić information content (AvgIpc) is 2.97. The second-order valence-electron chi connectivity index (χ2n) is 5.68. The van der Waals surface area contributed by atoms with Crippen LogP contribution in [0, 0.1) is 18.7 Å². The zero-order valence-corrected chi connectivity index (χ0v) is 13.7. The van der Waals surface area contributed by atoms with Gasteiger partial charge >= 0.3 is 0 Å². The molecule has 1 saturated heterocycles. The zero-order chi connectivity index (χ0) is 15.9. The van der Waals surface area contributed by atoms with Crippen LogP contribution in [0.1, 0.15) is 21.7 Å². The molecule has 0 saturated carbocycles. The first-order valence-corrected chi connectivity index (χ1v) is 9.67. The van der Waals surface area contributed by atoms with Gasteiger partial charge in [-0.25, -0.2) is 12.8 Å². The molecule has 0 spiro atoms. The number of sulfone groups is 1. The van der Waals surface area contributed by atoms with Gasteiger partial charge in [0.1, 0.15) is 5.82 Å². The third kappa shape index (κ3) is 3.01. The van der Waals surface area contributed by atoms with Crippen molar-refractivity contribution in [1.82, 2.24) is 5.32 Å². The summed E-state index contributed by atoms with van der Waals surface area (Å²) < 4.78 is 37.0. The Morgan fingerprint density at radius 2 is 2.23 bits per heavy atom. The lowest BCUT2D eigenvalue weighted by atomic mass is 10.1. The molecule has 0 bridgehead atoms. The van der Waals surface area contributed by atoms with E-state index in [0.717, 1.165) is 15.6 Å². The quantitative estimate of drug-likeness (QED) is 0.933. The topological polar surface area (TPSA) is 63.2 Å². The first kappa shape index (κ1) is 15.4. The molecule has 0 radical (unpaired) electrons. The molecule has 4 nitrogen and oxygen atoms in total. The first-order chi connectivity index (χ1) is 10.4. The second-order valence-corrected chi connectivity index (χ2v) is 8.96. The summed E-state index contributed by atoms with van der Waals surface area (Å²) in [6.45, 7) is 2.16. The van der Waals surface area contributed by atoms with E-state index in [0.29, 0.717) is 17.8 Å². The lowest BCUT2D eigenvalue weighted by Crippen LogP contribution is -2.29. The molecule has 1 atom stereocenters. The highest BCUT2D eigenvalue weighted by atomic mass is 32.2. The van der Waals surface area contributed by atoms with Gasteiger partial charge in [-0.1, -0.05) is 0 Å². The molecule has 3 rings (SSSR count). The number of hydrogen-bond donors (Lipinski definition) is 1. The summed E-state index contributed by atoms with van der Waals surface area (Å²) >= 11 is 1.33. The summed E-state index contributed by atoms with van der Waals surface area (Å²) in [5.41, 5.74) is 0.760. The van der Waals surface area contributed by atoms with Crippen molar-refractivity contribution < 1.29 is 17.6 Å². The van der Waals surface area contributed by atoms with Crippen LogP contribution in [0.2, 0.25) is 0 Å². The van der Waals surface area contributed by atoms with Crippen LogP contribution in [0.15, 0.2) is 18.2 Å². The highest BCUT2D eigenvalue weighted by Gasteiger charge is 2.28. The van der Waals surface area contributed by atoms with Crippen LogP contribution in [0.3, 0.4) is 0 Å². The van der Waals surface area contributed by atoms with Crippen LogP contribution in [0.25, 0.3) is 10.1 Å². The number of thiophene rings is 1. The SMILES string of the molecule is Cc1c(C(=O)NC[C@@H]2CCS(=O)(=O)C2)sc2ccc(F)cc12. The van der Waals surface area contributed by atoms with E-state index in [1.165, 1.54) is 23.5 Å². The zero-order valence-electron chi connectivity index (χ0n) is 12.1. The number of hydrogen-bond acceptors (Lipinski definition) is 4. The standard InChI is InChI=1S/C15H16FNO3S2/c1-9-12-6-11(16)2-3-13(12)21-14(9)15(18)17-7-10-4-5-22(19,20)8-10/h2-3,6,10H,4-5,7-8H2,1H3,(H,17,18)/t10-/m0/s1. The first-order valence-electron chi connectivity index (χ1n) is 7.03. The normalized spacial score (nSPS) is 20.4. The minimum atomic E-state index is -2.93. The maximum atomic E-state index is 13.3. The summed E-state index contributed by atoms with van der Waals surface area (Å²) in [5.74, 6) is -0.209. The Morgan fingerprint density at radius 3 is 2.91 bits per heavy atom. The number of fused-ring (bicyclic) bond motifs is 1. The highest BCUT2D eigenvalue weighted by molar-refractivity contribution is 7.91. The molecule has 0 unspecified atom stereocenters. The van der Waals surface area contributed by atoms with E-state index in [-0.39, 0.29) is 29.1 Å². The fourth-order valence-corrected chi connectivity index (χ4v) is 5.73. The minimum Gasteiger partial charge on any atom is -0.351 e. The van der Waals surface area contributed by atoms with Crippen LogP contribution in [-0.2, 0) is 9.84 Å². The molecule has 2 aromatic rings. The maximum Gasteiger partial charge on any atom is 0.261 e. The molecular formula is C15H16FNO3S2. The predicted octanol–water partition coefficient (Wildman–Crippen LogP) is 2.51. The van der Waals surface area contributed by atoms with Gasteiger partial charge in [-0.05, 0) is 48.4 Å². The minimum absolute atomic E-state index is 0.0129. The van der Waals surface area contributed by atoms with Gasteiger partial charge < -0.3 is 5.32 Å². The maximum absolute atomic E-state index is 13.3. The monoisotopic (exact) mass is 341 g/mol. The van der Waals surface area contributed by atoms with Crippen molar-refractivity contribution >= 4 is 37.2 Å². The van der Waals surface area contributed by atoms with E-state index < -0.39 is 9.84 Å². The smallest absolute Gasteiger partial charge is 0.261 e. The second kappa shape index (κ2) is 5.62. The van der Waals surface area contributed by atoms with Gasteiger partial charge in [0.05, 0.1) is 16.4 Å². The van der Waals surface area contributed by atoms with Gasteiger partial charge in [0.15, 0.2) is 9.84 Å². The molecule has 1 aromatic heterocycles. The van der Waals surface area contributed by atoms with Gasteiger partial charge in [-0.15, -0.1) is 11.3 Å². The highest BCUT2D eigenvalue weighted by Crippen LogP contribution is 2.31. The third-order valence-electron chi connectivity index (χ3n) is 3.98. The van der Waals surface area contributed by atoms with Gasteiger partial charge in [-0.3, -0.25) is 4.79 Å². The van der Waals surface area contributed by atoms with Crippen molar-refractivity contribution in [1.29, 1.82) is 0 Å². The van der Waals surface area contributed by atoms with E-state index in [1.807, 2.05) is 0 Å². The molecule has 1 aromatic carbocycles. The van der Waals surface area contributed by atoms with Crippen LogP contribution < -0.4 is 5.32 Å². The number of nitrogens with one attached hydrogen (secondary N) is 1. The fourth-order valence-electron chi connectivity index (χ4n) is 2.76. The number of amides is 1. The Morgan fingerprint density at radius 1 is 1.45 bits per heavy atom. The Bertz CT molecular complexity index is 842. The van der Waals surface area contributed by atoms with E-state index in [4.69, 9.17) is 0 Å². The number of aryl methyl sites for hydroxylation is 1. The molecule has 1 N–H and O–H groups in total. The summed E-state index contributed by atoms with van der Waals surface area (Å²) in [7, 11) is -2.93. The van der Waals surface area contributed by atoms with E-state index in [1.54, 1.807) is 13.0 Å². The molecule has 0 aliphatic carbocycles. The molecule has 1 fully saturated rings. The largest absolute Gasteiger partial charge is 0.351 e. The lowest BCUT2D eigenvalue weighted by Gasteiger charge is -2.09. The number of halogens is 1. The summed E-state index contributed by atoms with van der Waals surface area (Å²) in [4.78, 5) is 12.9. The summed E-state index contributed by atoms with van der Waals surface area (Å²) in [5, 5.41) is 3.56. The Kier molecular flexibility index (Phi) is 3.94. The van der Waals surface area contributed by atoms with Crippen molar-refractivity contribution in [2.75, 3.05) is 18.1 Å². The molecule has 1 aliphatic rings. The Hall–Kier alpha value is -1.47. The van der Waals surface area contributed by atoms with Crippen LogP contribution in [0.4, 0.5) is 4.39 Å². The van der Waals surface area contributed by atoms with Crippen molar-refractivity contribution in [2.24, 2.45) is 5.92 Å². The number of benzene rings is 1. The molecule has 1 amide bonds. The number of carbonyl (C=O) groups is 1. The van der Waals surface area contributed by atoms with Crippen molar-refractivity contribution in [3.05, 3.63) is 34.5 Å². The van der Waals surface area contributed by atoms with Crippen molar-refractivity contribution in [3.8, 4) is 0 Å². The molecule has 7 heteroatoms. The van der Waals surface area contributed by atoms with Crippen LogP contribution in [0.5, 0.6) is 0 Å². The summed E-state index contributed by atoms with van der Waals surface area (Å²) in [6, 6.07) is 4.48. The lowest BCUT2D eigenvalue weighted by molar-refractivity contribution is 0.0952. The predicted molar refractivity (Wildman–Crippen MR) is 85.6 cm³/mol. The summed E-state index contributed by atoms with van der Waals surface area (Å²) in [6.07, 6.45) is 0.596. The number of carbonyl (C=O) groups excluding carboxylic acids is 1. The molecule has 118 valence electrons. The third-order valence-corrected chi connectivity index (χ3v) is 7.09. The van der Waals surface area contributed by atoms with Crippen LogP contribution in [-0.4, -0.2) is 32.4 Å². The number of rotatable bonds is 3. The Balaban J connectivity index is 1.74. The van der Waals surface area contributed by atoms with Gasteiger partial charge in [-0.2, -0.15) is 0 Å². The van der Waals surface area contributed by atoms with Gasteiger partial charge in [0, 0.05) is 11.2 Å². The average molecular weight is 341 g/mol. The Labute approximate surface area is 132 Å². The molecule has 1 aliphatic heterocycles. The van der Waals surface area contributed by atoms with Crippen molar-refractivity contribution in [2.45, 2.75) is 13.3 Å². The molecule has 2 heterocycles. The van der Waals surface area contributed by atoms with E-state index in [2.05, 4.69) is 5.32 Å². The van der Waals surface area contributed by atoms with Crippen LogP contribution >= 0.6 is 11.3 Å². The van der Waals surface area contributed by atoms with E-state index in [9.17, 15) is 17.6 Å². The van der Waals surface area contributed by atoms with Crippen molar-refractivity contribution in [3.63, 3.8) is 0 Å². The van der Waals surface area contributed by atoms with E-state index >= 15 is 0 Å². The molecular weight excluding hydrogens is 325 g/mol. The van der Waals surface area contributed by atoms with Gasteiger partial charge in [0.25, 0.3) is 5.91 Å².